The first-order valence-corrected chi connectivity index (χ1v) is 5.76. The third-order valence-corrected chi connectivity index (χ3v) is 2.97. The van der Waals surface area contributed by atoms with Crippen molar-refractivity contribution in [2.75, 3.05) is 18.0 Å². The van der Waals surface area contributed by atoms with Crippen LogP contribution in [0.2, 0.25) is 0 Å². The van der Waals surface area contributed by atoms with E-state index in [1.165, 1.54) is 11.0 Å². The molecule has 2 N–H and O–H groups in total. The highest BCUT2D eigenvalue weighted by atomic mass is 19.3. The van der Waals surface area contributed by atoms with Crippen molar-refractivity contribution >= 4 is 11.6 Å². The molecule has 0 bridgehead atoms. The van der Waals surface area contributed by atoms with Crippen molar-refractivity contribution in [3.8, 4) is 5.75 Å². The summed E-state index contributed by atoms with van der Waals surface area (Å²) in [7, 11) is 0. The lowest BCUT2D eigenvalue weighted by Gasteiger charge is -2.20. The molecule has 1 unspecified atom stereocenters. The van der Waals surface area contributed by atoms with Crippen LogP contribution in [0.5, 0.6) is 5.75 Å². The molecule has 7 heteroatoms. The number of carbonyl (C=O) groups is 1. The van der Waals surface area contributed by atoms with Crippen molar-refractivity contribution < 1.29 is 22.7 Å². The summed E-state index contributed by atoms with van der Waals surface area (Å²) in [6, 6.07) is 3.19. The van der Waals surface area contributed by atoms with E-state index in [1.54, 1.807) is 0 Å². The molecule has 1 aromatic carbocycles. The van der Waals surface area contributed by atoms with Gasteiger partial charge in [-0.05, 0) is 24.6 Å². The number of alkyl halides is 2. The van der Waals surface area contributed by atoms with E-state index in [9.17, 15) is 18.0 Å². The fraction of sp³-hybridized carbons (Fsp3) is 0.417. The zero-order valence-corrected chi connectivity index (χ0v) is 9.98. The average Bonchev–Trinajstić information content (AvgIpc) is 2.70. The van der Waals surface area contributed by atoms with Crippen molar-refractivity contribution in [3.05, 3.63) is 24.0 Å². The van der Waals surface area contributed by atoms with Crippen molar-refractivity contribution in [3.63, 3.8) is 0 Å². The number of hydrogen-bond acceptors (Lipinski definition) is 3. The quantitative estimate of drug-likeness (QED) is 0.909. The standard InChI is InChI=1S/C12H13F3N2O2/c13-8-1-2-9(10(4-8)19-12(14)15)17-6-7(5-16)3-11(17)18/h1-2,4,7,12H,3,5-6,16H2. The number of anilines is 1. The predicted octanol–water partition coefficient (Wildman–Crippen LogP) is 1.74. The Morgan fingerprint density at radius 2 is 2.21 bits per heavy atom. The summed E-state index contributed by atoms with van der Waals surface area (Å²) in [6.07, 6.45) is 0.252. The van der Waals surface area contributed by atoms with E-state index in [0.717, 1.165) is 12.1 Å². The first-order chi connectivity index (χ1) is 9.01. The maximum Gasteiger partial charge on any atom is 0.387 e. The Bertz CT molecular complexity index is 482. The number of halogens is 3. The maximum atomic E-state index is 13.1. The Balaban J connectivity index is 2.31. The number of nitrogens with two attached hydrogens (primary N) is 1. The van der Waals surface area contributed by atoms with Crippen LogP contribution in [0.15, 0.2) is 18.2 Å². The lowest BCUT2D eigenvalue weighted by molar-refractivity contribution is -0.117. The van der Waals surface area contributed by atoms with Crippen LogP contribution in [0.1, 0.15) is 6.42 Å². The lowest BCUT2D eigenvalue weighted by atomic mass is 10.1. The number of ether oxygens (including phenoxy) is 1. The second-order valence-corrected chi connectivity index (χ2v) is 4.30. The molecule has 2 rings (SSSR count). The van der Waals surface area contributed by atoms with E-state index in [1.807, 2.05) is 0 Å². The van der Waals surface area contributed by atoms with Gasteiger partial charge in [-0.1, -0.05) is 0 Å². The van der Waals surface area contributed by atoms with Crippen LogP contribution in [-0.2, 0) is 4.79 Å². The molecule has 1 amide bonds. The van der Waals surface area contributed by atoms with E-state index in [0.29, 0.717) is 13.1 Å². The molecule has 1 fully saturated rings. The zero-order valence-electron chi connectivity index (χ0n) is 9.98. The number of carbonyl (C=O) groups excluding carboxylic acids is 1. The largest absolute Gasteiger partial charge is 0.432 e. The van der Waals surface area contributed by atoms with Gasteiger partial charge in [0.2, 0.25) is 5.91 Å². The fourth-order valence-corrected chi connectivity index (χ4v) is 2.07. The number of amides is 1. The Morgan fingerprint density at radius 1 is 1.47 bits per heavy atom. The van der Waals surface area contributed by atoms with Crippen LogP contribution in [0.4, 0.5) is 18.9 Å². The molecule has 1 saturated heterocycles. The minimum absolute atomic E-state index is 0.0306. The minimum Gasteiger partial charge on any atom is -0.432 e. The number of benzene rings is 1. The van der Waals surface area contributed by atoms with Crippen LogP contribution in [0.25, 0.3) is 0 Å². The van der Waals surface area contributed by atoms with Crippen LogP contribution in [-0.4, -0.2) is 25.6 Å². The molecule has 0 aliphatic carbocycles. The predicted molar refractivity (Wildman–Crippen MR) is 62.5 cm³/mol. The van der Waals surface area contributed by atoms with Gasteiger partial charge in [0, 0.05) is 19.0 Å². The molecule has 1 aliphatic heterocycles. The number of nitrogens with zero attached hydrogens (tertiary/aromatic N) is 1. The number of hydrogen-bond donors (Lipinski definition) is 1. The SMILES string of the molecule is NCC1CC(=O)N(c2ccc(F)cc2OC(F)F)C1. The zero-order chi connectivity index (χ0) is 14.0. The van der Waals surface area contributed by atoms with E-state index in [-0.39, 0.29) is 29.7 Å². The Kier molecular flexibility index (Phi) is 3.94. The van der Waals surface area contributed by atoms with Crippen molar-refractivity contribution in [2.24, 2.45) is 11.7 Å². The first-order valence-electron chi connectivity index (χ1n) is 5.76. The second-order valence-electron chi connectivity index (χ2n) is 4.30. The fourth-order valence-electron chi connectivity index (χ4n) is 2.07. The molecule has 0 radical (unpaired) electrons. The molecular weight excluding hydrogens is 261 g/mol. The van der Waals surface area contributed by atoms with Crippen molar-refractivity contribution in [2.45, 2.75) is 13.0 Å². The maximum absolute atomic E-state index is 13.1. The molecule has 104 valence electrons. The van der Waals surface area contributed by atoms with Gasteiger partial charge in [-0.3, -0.25) is 4.79 Å². The highest BCUT2D eigenvalue weighted by Gasteiger charge is 2.31. The Morgan fingerprint density at radius 3 is 2.79 bits per heavy atom. The molecule has 19 heavy (non-hydrogen) atoms. The summed E-state index contributed by atoms with van der Waals surface area (Å²) in [5.74, 6) is -1.32. The monoisotopic (exact) mass is 274 g/mol. The molecular formula is C12H13F3N2O2. The van der Waals surface area contributed by atoms with Gasteiger partial charge < -0.3 is 15.4 Å². The number of rotatable bonds is 4. The smallest absolute Gasteiger partial charge is 0.387 e. The molecule has 1 aliphatic rings. The molecule has 0 aromatic heterocycles. The summed E-state index contributed by atoms with van der Waals surface area (Å²) in [5, 5.41) is 0. The highest BCUT2D eigenvalue weighted by molar-refractivity contribution is 5.97. The summed E-state index contributed by atoms with van der Waals surface area (Å²) in [6.45, 7) is -2.43. The van der Waals surface area contributed by atoms with Gasteiger partial charge in [-0.15, -0.1) is 0 Å². The third-order valence-electron chi connectivity index (χ3n) is 2.97. The van der Waals surface area contributed by atoms with E-state index in [4.69, 9.17) is 5.73 Å². The average molecular weight is 274 g/mol. The van der Waals surface area contributed by atoms with Crippen molar-refractivity contribution in [1.29, 1.82) is 0 Å². The van der Waals surface area contributed by atoms with E-state index in [2.05, 4.69) is 4.74 Å². The molecule has 1 heterocycles. The van der Waals surface area contributed by atoms with Gasteiger partial charge in [0.15, 0.2) is 5.75 Å². The van der Waals surface area contributed by atoms with Gasteiger partial charge in [0.05, 0.1) is 5.69 Å². The van der Waals surface area contributed by atoms with Gasteiger partial charge >= 0.3 is 6.61 Å². The molecule has 0 saturated carbocycles. The van der Waals surface area contributed by atoms with Crippen LogP contribution in [0, 0.1) is 11.7 Å². The Hall–Kier alpha value is -1.76. The van der Waals surface area contributed by atoms with Gasteiger partial charge in [0.1, 0.15) is 5.82 Å². The van der Waals surface area contributed by atoms with Gasteiger partial charge in [-0.2, -0.15) is 8.78 Å². The van der Waals surface area contributed by atoms with Gasteiger partial charge in [0.25, 0.3) is 0 Å². The summed E-state index contributed by atoms with van der Waals surface area (Å²) in [4.78, 5) is 13.1. The van der Waals surface area contributed by atoms with Crippen LogP contribution >= 0.6 is 0 Å². The first kappa shape index (κ1) is 13.7. The van der Waals surface area contributed by atoms with E-state index >= 15 is 0 Å². The summed E-state index contributed by atoms with van der Waals surface area (Å²) >= 11 is 0. The molecule has 0 spiro atoms. The second kappa shape index (κ2) is 5.48. The van der Waals surface area contributed by atoms with E-state index < -0.39 is 12.4 Å². The molecule has 1 aromatic rings. The van der Waals surface area contributed by atoms with Crippen LogP contribution in [0.3, 0.4) is 0 Å². The topological polar surface area (TPSA) is 55.6 Å². The third kappa shape index (κ3) is 2.98. The normalized spacial score (nSPS) is 19.3. The highest BCUT2D eigenvalue weighted by Crippen LogP contribution is 2.34. The summed E-state index contributed by atoms with van der Waals surface area (Å²) in [5.41, 5.74) is 5.63. The lowest BCUT2D eigenvalue weighted by Crippen LogP contribution is -2.26. The summed E-state index contributed by atoms with van der Waals surface area (Å²) < 4.78 is 41.9. The minimum atomic E-state index is -3.08. The molecule has 1 atom stereocenters. The van der Waals surface area contributed by atoms with Gasteiger partial charge in [-0.25, -0.2) is 4.39 Å². The van der Waals surface area contributed by atoms with Crippen molar-refractivity contribution in [1.82, 2.24) is 0 Å². The van der Waals surface area contributed by atoms with Crippen LogP contribution < -0.4 is 15.4 Å². The molecule has 4 nitrogen and oxygen atoms in total. The Labute approximate surface area is 107 Å².